The molecule has 1 atom stereocenters. The van der Waals surface area contributed by atoms with Crippen LogP contribution in [0, 0.1) is 11.3 Å². The lowest BCUT2D eigenvalue weighted by Crippen LogP contribution is -2.24. The zero-order chi connectivity index (χ0) is 14.8. The Morgan fingerprint density at radius 1 is 1.14 bits per heavy atom. The van der Waals surface area contributed by atoms with E-state index in [2.05, 4.69) is 43.0 Å². The van der Waals surface area contributed by atoms with Gasteiger partial charge in [0.1, 0.15) is 6.04 Å². The summed E-state index contributed by atoms with van der Waals surface area (Å²) < 4.78 is 1.90. The molecule has 2 aromatic carbocycles. The maximum absolute atomic E-state index is 9.42. The van der Waals surface area contributed by atoms with Crippen molar-refractivity contribution in [3.8, 4) is 6.07 Å². The van der Waals surface area contributed by atoms with Crippen LogP contribution in [0.3, 0.4) is 0 Å². The van der Waals surface area contributed by atoms with Gasteiger partial charge in [-0.3, -0.25) is 0 Å². The molecule has 0 amide bonds. The number of nitriles is 1. The van der Waals surface area contributed by atoms with E-state index in [1.165, 1.54) is 0 Å². The summed E-state index contributed by atoms with van der Waals surface area (Å²) in [6.45, 7) is 0. The number of hydrogen-bond donors (Lipinski definition) is 0. The summed E-state index contributed by atoms with van der Waals surface area (Å²) in [6.07, 6.45) is 0.628. The van der Waals surface area contributed by atoms with Gasteiger partial charge in [-0.25, -0.2) is 5.01 Å². The predicted octanol–water partition coefficient (Wildman–Crippen LogP) is 4.72. The molecule has 0 saturated heterocycles. The van der Waals surface area contributed by atoms with E-state index in [0.29, 0.717) is 6.42 Å². The van der Waals surface area contributed by atoms with Gasteiger partial charge in [0.15, 0.2) is 0 Å². The molecule has 1 heterocycles. The summed E-state index contributed by atoms with van der Waals surface area (Å²) >= 11 is 6.98. The van der Waals surface area contributed by atoms with Gasteiger partial charge in [-0.05, 0) is 39.7 Å². The summed E-state index contributed by atoms with van der Waals surface area (Å²) in [5.41, 5.74) is 2.90. The Morgan fingerprint density at radius 3 is 2.57 bits per heavy atom. The van der Waals surface area contributed by atoms with Crippen LogP contribution in [0.5, 0.6) is 0 Å². The van der Waals surface area contributed by atoms with Gasteiger partial charge in [0.05, 0.1) is 17.5 Å². The molecule has 0 spiro atoms. The first-order valence-corrected chi connectivity index (χ1v) is 8.04. The van der Waals surface area contributed by atoms with Crippen LogP contribution >= 0.6 is 31.9 Å². The molecule has 0 fully saturated rings. The van der Waals surface area contributed by atoms with Crippen molar-refractivity contribution in [1.82, 2.24) is 0 Å². The van der Waals surface area contributed by atoms with Crippen molar-refractivity contribution in [2.75, 3.05) is 5.01 Å². The summed E-state index contributed by atoms with van der Waals surface area (Å²) in [4.78, 5) is 0. The Hall–Kier alpha value is -1.64. The minimum Gasteiger partial charge on any atom is -0.246 e. The van der Waals surface area contributed by atoms with Crippen LogP contribution in [0.1, 0.15) is 12.0 Å². The van der Waals surface area contributed by atoms with Crippen molar-refractivity contribution < 1.29 is 0 Å². The first-order chi connectivity index (χ1) is 10.2. The molecule has 0 saturated carbocycles. The second-order valence-corrected chi connectivity index (χ2v) is 6.47. The minimum absolute atomic E-state index is 0.280. The molecule has 0 N–H and O–H groups in total. The first-order valence-electron chi connectivity index (χ1n) is 6.46. The number of hydrogen-bond acceptors (Lipinski definition) is 3. The van der Waals surface area contributed by atoms with Crippen LogP contribution < -0.4 is 5.01 Å². The van der Waals surface area contributed by atoms with Crippen molar-refractivity contribution >= 4 is 43.3 Å². The van der Waals surface area contributed by atoms with Gasteiger partial charge >= 0.3 is 0 Å². The number of hydrazone groups is 1. The van der Waals surface area contributed by atoms with Gasteiger partial charge in [0, 0.05) is 15.4 Å². The Kier molecular flexibility index (Phi) is 4.09. The van der Waals surface area contributed by atoms with Gasteiger partial charge in [0.2, 0.25) is 0 Å². The lowest BCUT2D eigenvalue weighted by atomic mass is 10.0. The number of rotatable bonds is 2. The normalized spacial score (nSPS) is 17.5. The molecular formula is C16H11Br2N3. The average molecular weight is 405 g/mol. The average Bonchev–Trinajstić information content (AvgIpc) is 2.92. The van der Waals surface area contributed by atoms with E-state index in [0.717, 1.165) is 25.9 Å². The van der Waals surface area contributed by atoms with Crippen molar-refractivity contribution in [3.63, 3.8) is 0 Å². The lowest BCUT2D eigenvalue weighted by Gasteiger charge is -2.19. The highest BCUT2D eigenvalue weighted by atomic mass is 79.9. The maximum Gasteiger partial charge on any atom is 0.144 e. The number of nitrogens with zero attached hydrogens (tertiary/aromatic N) is 3. The van der Waals surface area contributed by atoms with Gasteiger partial charge in [0.25, 0.3) is 0 Å². The lowest BCUT2D eigenvalue weighted by molar-refractivity contribution is 0.797. The van der Waals surface area contributed by atoms with Crippen molar-refractivity contribution in [1.29, 1.82) is 5.26 Å². The van der Waals surface area contributed by atoms with E-state index in [9.17, 15) is 5.26 Å². The summed E-state index contributed by atoms with van der Waals surface area (Å²) in [5, 5.41) is 15.9. The molecule has 0 radical (unpaired) electrons. The Labute approximate surface area is 140 Å². The molecule has 0 aromatic heterocycles. The van der Waals surface area contributed by atoms with Crippen LogP contribution in [0.2, 0.25) is 0 Å². The fourth-order valence-electron chi connectivity index (χ4n) is 2.31. The first kappa shape index (κ1) is 14.3. The second kappa shape index (κ2) is 6.00. The molecule has 5 heteroatoms. The van der Waals surface area contributed by atoms with Crippen molar-refractivity contribution in [3.05, 3.63) is 63.0 Å². The molecular weight excluding hydrogens is 394 g/mol. The number of halogens is 2. The molecule has 0 aliphatic carbocycles. The highest BCUT2D eigenvalue weighted by Gasteiger charge is 2.29. The molecule has 1 aliphatic rings. The topological polar surface area (TPSA) is 39.4 Å². The quantitative estimate of drug-likeness (QED) is 0.726. The summed E-state index contributed by atoms with van der Waals surface area (Å²) in [5.74, 6) is 0. The number of benzene rings is 2. The molecule has 0 bridgehead atoms. The number of anilines is 1. The highest BCUT2D eigenvalue weighted by molar-refractivity contribution is 9.11. The van der Waals surface area contributed by atoms with E-state index in [1.54, 1.807) is 5.01 Å². The zero-order valence-corrected chi connectivity index (χ0v) is 14.2. The molecule has 21 heavy (non-hydrogen) atoms. The Balaban J connectivity index is 2.01. The molecule has 3 nitrogen and oxygen atoms in total. The largest absolute Gasteiger partial charge is 0.246 e. The fourth-order valence-corrected chi connectivity index (χ4v) is 3.53. The molecule has 2 aromatic rings. The van der Waals surface area contributed by atoms with Crippen LogP contribution in [0.15, 0.2) is 62.6 Å². The summed E-state index contributed by atoms with van der Waals surface area (Å²) in [7, 11) is 0. The van der Waals surface area contributed by atoms with E-state index in [4.69, 9.17) is 0 Å². The third-order valence-electron chi connectivity index (χ3n) is 3.32. The molecule has 104 valence electrons. The maximum atomic E-state index is 9.42. The summed E-state index contributed by atoms with van der Waals surface area (Å²) in [6, 6.07) is 17.9. The third kappa shape index (κ3) is 2.87. The standard InChI is InChI=1S/C16H11Br2N3/c17-12-6-7-16(14(18)8-12)21-13(10-19)9-15(20-21)11-4-2-1-3-5-11/h1-8,13H,9H2/t13-/m1/s1. The molecule has 3 rings (SSSR count). The Morgan fingerprint density at radius 2 is 1.90 bits per heavy atom. The van der Waals surface area contributed by atoms with Gasteiger partial charge < -0.3 is 0 Å². The van der Waals surface area contributed by atoms with E-state index < -0.39 is 0 Å². The van der Waals surface area contributed by atoms with E-state index >= 15 is 0 Å². The van der Waals surface area contributed by atoms with Gasteiger partial charge in [-0.2, -0.15) is 10.4 Å². The van der Waals surface area contributed by atoms with Gasteiger partial charge in [-0.15, -0.1) is 0 Å². The monoisotopic (exact) mass is 403 g/mol. The second-order valence-electron chi connectivity index (χ2n) is 4.70. The molecule has 1 aliphatic heterocycles. The van der Waals surface area contributed by atoms with E-state index in [1.807, 2.05) is 48.5 Å². The van der Waals surface area contributed by atoms with Crippen LogP contribution in [0.25, 0.3) is 0 Å². The van der Waals surface area contributed by atoms with Crippen molar-refractivity contribution in [2.24, 2.45) is 5.10 Å². The Bertz CT molecular complexity index is 735. The highest BCUT2D eigenvalue weighted by Crippen LogP contribution is 2.34. The third-order valence-corrected chi connectivity index (χ3v) is 4.45. The SMILES string of the molecule is N#C[C@H]1CC(c2ccccc2)=NN1c1ccc(Br)cc1Br. The predicted molar refractivity (Wildman–Crippen MR) is 91.3 cm³/mol. The van der Waals surface area contributed by atoms with Crippen LogP contribution in [-0.4, -0.2) is 11.8 Å². The van der Waals surface area contributed by atoms with Crippen LogP contribution in [0.4, 0.5) is 5.69 Å². The van der Waals surface area contributed by atoms with Crippen LogP contribution in [-0.2, 0) is 0 Å². The molecule has 0 unspecified atom stereocenters. The van der Waals surface area contributed by atoms with E-state index in [-0.39, 0.29) is 6.04 Å². The van der Waals surface area contributed by atoms with Gasteiger partial charge in [-0.1, -0.05) is 46.3 Å². The minimum atomic E-state index is -0.280. The fraction of sp³-hybridized carbons (Fsp3) is 0.125. The zero-order valence-electron chi connectivity index (χ0n) is 11.0. The van der Waals surface area contributed by atoms with Crippen molar-refractivity contribution in [2.45, 2.75) is 12.5 Å². The smallest absolute Gasteiger partial charge is 0.144 e.